The van der Waals surface area contributed by atoms with Crippen LogP contribution in [0.15, 0.2) is 140 Å². The lowest BCUT2D eigenvalue weighted by Gasteiger charge is -2.15. The van der Waals surface area contributed by atoms with Crippen LogP contribution < -0.4 is 0 Å². The molecule has 0 aliphatic rings. The average Bonchev–Trinajstić information content (AvgIpc) is 3.70. The molecule has 230 valence electrons. The molecule has 0 amide bonds. The molecule has 0 radical (unpaired) electrons. The molecule has 7 nitrogen and oxygen atoms in total. The van der Waals surface area contributed by atoms with Crippen molar-refractivity contribution in [3.8, 4) is 52.4 Å². The normalized spacial score (nSPS) is 11.1. The summed E-state index contributed by atoms with van der Waals surface area (Å²) < 4.78 is 4.28. The Bertz CT molecular complexity index is 2850. The maximum absolute atomic E-state index is 9.76. The van der Waals surface area contributed by atoms with Crippen LogP contribution in [0.25, 0.3) is 77.8 Å². The summed E-state index contributed by atoms with van der Waals surface area (Å²) in [6, 6.07) is 52.1. The predicted octanol–water partition coefficient (Wildman–Crippen LogP) is 9.62. The molecule has 9 aromatic rings. The zero-order valence-corrected chi connectivity index (χ0v) is 26.4. The summed E-state index contributed by atoms with van der Waals surface area (Å²) in [6.07, 6.45) is 0. The largest absolute Gasteiger partial charge is 0.294 e. The van der Waals surface area contributed by atoms with Crippen molar-refractivity contribution in [1.82, 2.24) is 19.1 Å². The number of hydrogen-bond donors (Lipinski definition) is 0. The van der Waals surface area contributed by atoms with Crippen LogP contribution in [0.3, 0.4) is 0 Å². The average molecular weight is 638 g/mol. The molecule has 0 unspecified atom stereocenters. The van der Waals surface area contributed by atoms with Gasteiger partial charge in [0.2, 0.25) is 0 Å². The Labute approximate surface area is 286 Å². The fraction of sp³-hybridized carbons (Fsp3) is 0. The van der Waals surface area contributed by atoms with Crippen molar-refractivity contribution < 1.29 is 0 Å². The monoisotopic (exact) mass is 637 g/mol. The molecule has 9 rings (SSSR count). The van der Waals surface area contributed by atoms with E-state index in [-0.39, 0.29) is 0 Å². The second kappa shape index (κ2) is 11.3. The minimum Gasteiger partial charge on any atom is -0.294 e. The lowest BCUT2D eigenvalue weighted by atomic mass is 10.1. The van der Waals surface area contributed by atoms with Gasteiger partial charge in [0.25, 0.3) is 0 Å². The highest BCUT2D eigenvalue weighted by atomic mass is 15.1. The predicted molar refractivity (Wildman–Crippen MR) is 196 cm³/mol. The Morgan fingerprint density at radius 3 is 1.42 bits per heavy atom. The number of pyridine rings is 2. The fourth-order valence-electron chi connectivity index (χ4n) is 6.96. The summed E-state index contributed by atoms with van der Waals surface area (Å²) in [7, 11) is 0. The molecular weight excluding hydrogens is 615 g/mol. The van der Waals surface area contributed by atoms with Gasteiger partial charge in [0.1, 0.15) is 11.6 Å². The summed E-state index contributed by atoms with van der Waals surface area (Å²) >= 11 is 0. The summed E-state index contributed by atoms with van der Waals surface area (Å²) in [4.78, 5) is 10.5. The number of hydrogen-bond acceptors (Lipinski definition) is 5. The van der Waals surface area contributed by atoms with Crippen LogP contribution in [0, 0.1) is 34.0 Å². The standard InChI is InChI=1S/C43H23N7/c44-24-27-7-5-8-30(19-27)36-11-6-12-37(47-36)31-22-42(49-38-13-3-1-9-32(38)33-10-2-4-14-39(33)49)48-43(23-31)50-40-17-15-28(25-45)20-34(40)35-21-29(26-46)16-18-41(35)50/h1-23H. The molecule has 4 heterocycles. The lowest BCUT2D eigenvalue weighted by molar-refractivity contribution is 1.01. The fourth-order valence-corrected chi connectivity index (χ4v) is 6.96. The molecule has 5 aromatic carbocycles. The first-order valence-electron chi connectivity index (χ1n) is 16.0. The van der Waals surface area contributed by atoms with E-state index >= 15 is 0 Å². The Kier molecular flexibility index (Phi) is 6.49. The van der Waals surface area contributed by atoms with Gasteiger partial charge >= 0.3 is 0 Å². The van der Waals surface area contributed by atoms with E-state index in [1.807, 2.05) is 91.0 Å². The van der Waals surface area contributed by atoms with Crippen molar-refractivity contribution in [2.45, 2.75) is 0 Å². The summed E-state index contributed by atoms with van der Waals surface area (Å²) in [5.74, 6) is 1.37. The van der Waals surface area contributed by atoms with Gasteiger partial charge in [0.05, 0.1) is 68.4 Å². The molecule has 0 atom stereocenters. The quantitative estimate of drug-likeness (QED) is 0.191. The molecule has 4 aromatic heterocycles. The van der Waals surface area contributed by atoms with Crippen molar-refractivity contribution in [1.29, 1.82) is 15.8 Å². The van der Waals surface area contributed by atoms with Gasteiger partial charge in [-0.2, -0.15) is 15.8 Å². The van der Waals surface area contributed by atoms with Gasteiger partial charge in [-0.25, -0.2) is 9.97 Å². The van der Waals surface area contributed by atoms with Crippen LogP contribution in [-0.4, -0.2) is 19.1 Å². The van der Waals surface area contributed by atoms with Crippen molar-refractivity contribution in [2.24, 2.45) is 0 Å². The molecule has 0 spiro atoms. The summed E-state index contributed by atoms with van der Waals surface area (Å²) in [6.45, 7) is 0. The first-order valence-corrected chi connectivity index (χ1v) is 16.0. The summed E-state index contributed by atoms with van der Waals surface area (Å²) in [5.41, 5.74) is 8.62. The van der Waals surface area contributed by atoms with Gasteiger partial charge in [0, 0.05) is 32.7 Å². The van der Waals surface area contributed by atoms with Gasteiger partial charge in [-0.15, -0.1) is 0 Å². The van der Waals surface area contributed by atoms with Gasteiger partial charge < -0.3 is 0 Å². The second-order valence-corrected chi connectivity index (χ2v) is 12.1. The molecule has 0 fully saturated rings. The van der Waals surface area contributed by atoms with Gasteiger partial charge in [-0.05, 0) is 84.9 Å². The number of nitrogens with zero attached hydrogens (tertiary/aromatic N) is 7. The SMILES string of the molecule is N#Cc1cccc(-c2cccc(-c3cc(-n4c5ccccc5c5ccccc54)nc(-n4c5ccc(C#N)cc5c5cc(C#N)ccc54)c3)n2)c1. The van der Waals surface area contributed by atoms with E-state index < -0.39 is 0 Å². The third-order valence-corrected chi connectivity index (χ3v) is 9.19. The second-order valence-electron chi connectivity index (χ2n) is 12.1. The van der Waals surface area contributed by atoms with E-state index in [0.29, 0.717) is 28.3 Å². The zero-order chi connectivity index (χ0) is 33.8. The molecule has 0 bridgehead atoms. The highest BCUT2D eigenvalue weighted by Crippen LogP contribution is 2.37. The molecule has 0 saturated heterocycles. The van der Waals surface area contributed by atoms with Crippen molar-refractivity contribution in [2.75, 3.05) is 0 Å². The van der Waals surface area contributed by atoms with Crippen molar-refractivity contribution in [3.05, 3.63) is 156 Å². The number of fused-ring (bicyclic) bond motifs is 6. The van der Waals surface area contributed by atoms with E-state index in [0.717, 1.165) is 66.1 Å². The Morgan fingerprint density at radius 1 is 0.380 bits per heavy atom. The maximum Gasteiger partial charge on any atom is 0.140 e. The smallest absolute Gasteiger partial charge is 0.140 e. The van der Waals surface area contributed by atoms with E-state index in [4.69, 9.17) is 9.97 Å². The third-order valence-electron chi connectivity index (χ3n) is 9.19. The molecule has 0 saturated carbocycles. The van der Waals surface area contributed by atoms with E-state index in [1.165, 1.54) is 0 Å². The molecule has 0 aliphatic carbocycles. The molecule has 50 heavy (non-hydrogen) atoms. The first kappa shape index (κ1) is 28.7. The van der Waals surface area contributed by atoms with E-state index in [1.54, 1.807) is 18.2 Å². The minimum atomic E-state index is 0.535. The van der Waals surface area contributed by atoms with Crippen molar-refractivity contribution >= 4 is 43.6 Å². The maximum atomic E-state index is 9.76. The minimum absolute atomic E-state index is 0.535. The van der Waals surface area contributed by atoms with E-state index in [2.05, 4.69) is 57.7 Å². The highest BCUT2D eigenvalue weighted by molar-refractivity contribution is 6.11. The number of para-hydroxylation sites is 2. The summed E-state index contributed by atoms with van der Waals surface area (Å²) in [5, 5.41) is 33.0. The van der Waals surface area contributed by atoms with Crippen LogP contribution in [0.1, 0.15) is 16.7 Å². The van der Waals surface area contributed by atoms with Crippen LogP contribution in [0.2, 0.25) is 0 Å². The molecule has 0 aliphatic heterocycles. The van der Waals surface area contributed by atoms with Crippen LogP contribution >= 0.6 is 0 Å². The van der Waals surface area contributed by atoms with E-state index in [9.17, 15) is 15.8 Å². The number of rotatable bonds is 4. The molecular formula is C43H23N7. The van der Waals surface area contributed by atoms with Gasteiger partial charge in [-0.1, -0.05) is 54.6 Å². The Hall–Kier alpha value is -7.53. The van der Waals surface area contributed by atoms with Crippen LogP contribution in [0.5, 0.6) is 0 Å². The number of benzene rings is 5. The lowest BCUT2D eigenvalue weighted by Crippen LogP contribution is -2.05. The topological polar surface area (TPSA) is 107 Å². The zero-order valence-electron chi connectivity index (χ0n) is 26.4. The third kappa shape index (κ3) is 4.49. The highest BCUT2D eigenvalue weighted by Gasteiger charge is 2.19. The number of aromatic nitrogens is 4. The van der Waals surface area contributed by atoms with Gasteiger partial charge in [0.15, 0.2) is 0 Å². The van der Waals surface area contributed by atoms with Crippen LogP contribution in [0.4, 0.5) is 0 Å². The molecule has 0 N–H and O–H groups in total. The Balaban J connectivity index is 1.37. The Morgan fingerprint density at radius 2 is 0.860 bits per heavy atom. The van der Waals surface area contributed by atoms with Gasteiger partial charge in [-0.3, -0.25) is 9.13 Å². The number of nitriles is 3. The van der Waals surface area contributed by atoms with Crippen LogP contribution in [-0.2, 0) is 0 Å². The molecule has 7 heteroatoms. The van der Waals surface area contributed by atoms with Crippen molar-refractivity contribution in [3.63, 3.8) is 0 Å². The first-order chi connectivity index (χ1) is 24.6.